The molecular weight excluding hydrogens is 430 g/mol. The van der Waals surface area contributed by atoms with Gasteiger partial charge in [-0.1, -0.05) is 36.4 Å². The van der Waals surface area contributed by atoms with Crippen LogP contribution in [0.4, 0.5) is 10.6 Å². The third-order valence-corrected chi connectivity index (χ3v) is 7.54. The molecule has 0 radical (unpaired) electrons. The fraction of sp³-hybridized carbons (Fsp3) is 0.462. The number of nitrogens with zero attached hydrogens (tertiary/aromatic N) is 3. The minimum Gasteiger partial charge on any atom is -0.356 e. The second-order valence-electron chi connectivity index (χ2n) is 9.61. The molecule has 2 aromatic rings. The SMILES string of the molecule is O=C1NC(=O)C(Cc2ccccc2)(C2CCN(C(=O)C3CCCN(c4ccccn4)C3)CC2)N1. The molecule has 178 valence electrons. The number of carbonyl (C=O) groups excluding carboxylic acids is 3. The van der Waals surface area contributed by atoms with Gasteiger partial charge in [-0.15, -0.1) is 0 Å². The highest BCUT2D eigenvalue weighted by Crippen LogP contribution is 2.35. The van der Waals surface area contributed by atoms with Crippen LogP contribution in [0.3, 0.4) is 0 Å². The molecule has 3 fully saturated rings. The van der Waals surface area contributed by atoms with E-state index in [2.05, 4.69) is 20.5 Å². The van der Waals surface area contributed by atoms with Gasteiger partial charge in [-0.05, 0) is 49.3 Å². The van der Waals surface area contributed by atoms with Gasteiger partial charge in [0.15, 0.2) is 0 Å². The first-order valence-electron chi connectivity index (χ1n) is 12.2. The van der Waals surface area contributed by atoms with E-state index in [-0.39, 0.29) is 23.7 Å². The Morgan fingerprint density at radius 1 is 1.00 bits per heavy atom. The summed E-state index contributed by atoms with van der Waals surface area (Å²) >= 11 is 0. The van der Waals surface area contributed by atoms with Gasteiger partial charge < -0.3 is 15.1 Å². The Morgan fingerprint density at radius 2 is 1.76 bits per heavy atom. The molecule has 0 spiro atoms. The monoisotopic (exact) mass is 461 g/mol. The maximum atomic E-state index is 13.4. The number of imide groups is 1. The number of anilines is 1. The van der Waals surface area contributed by atoms with Crippen LogP contribution < -0.4 is 15.5 Å². The maximum Gasteiger partial charge on any atom is 0.322 e. The topological polar surface area (TPSA) is 94.6 Å². The second kappa shape index (κ2) is 9.44. The lowest BCUT2D eigenvalue weighted by atomic mass is 9.74. The number of aromatic nitrogens is 1. The Labute approximate surface area is 199 Å². The summed E-state index contributed by atoms with van der Waals surface area (Å²) in [5.74, 6) is 0.782. The van der Waals surface area contributed by atoms with E-state index in [4.69, 9.17) is 0 Å². The van der Waals surface area contributed by atoms with Gasteiger partial charge >= 0.3 is 6.03 Å². The molecule has 8 nitrogen and oxygen atoms in total. The fourth-order valence-electron chi connectivity index (χ4n) is 5.76. The van der Waals surface area contributed by atoms with Crippen LogP contribution in [0.15, 0.2) is 54.7 Å². The maximum absolute atomic E-state index is 13.4. The number of amides is 4. The van der Waals surface area contributed by atoms with Gasteiger partial charge in [0.25, 0.3) is 5.91 Å². The lowest BCUT2D eigenvalue weighted by Crippen LogP contribution is -2.58. The van der Waals surface area contributed by atoms with Crippen molar-refractivity contribution in [2.24, 2.45) is 11.8 Å². The van der Waals surface area contributed by atoms with E-state index in [1.165, 1.54) is 0 Å². The van der Waals surface area contributed by atoms with Gasteiger partial charge in [0, 0.05) is 38.8 Å². The fourth-order valence-corrected chi connectivity index (χ4v) is 5.76. The van der Waals surface area contributed by atoms with E-state index in [1.807, 2.05) is 53.4 Å². The summed E-state index contributed by atoms with van der Waals surface area (Å²) in [5.41, 5.74) is 0.0453. The van der Waals surface area contributed by atoms with Crippen molar-refractivity contribution in [1.82, 2.24) is 20.5 Å². The summed E-state index contributed by atoms with van der Waals surface area (Å²) in [4.78, 5) is 47.0. The highest BCUT2D eigenvalue weighted by molar-refractivity contribution is 6.07. The summed E-state index contributed by atoms with van der Waals surface area (Å²) in [7, 11) is 0. The van der Waals surface area contributed by atoms with Crippen LogP contribution in [0.25, 0.3) is 0 Å². The molecule has 1 aromatic carbocycles. The van der Waals surface area contributed by atoms with Crippen molar-refractivity contribution >= 4 is 23.7 Å². The average molecular weight is 462 g/mol. The number of hydrogen-bond acceptors (Lipinski definition) is 5. The molecule has 0 saturated carbocycles. The van der Waals surface area contributed by atoms with Gasteiger partial charge in [-0.2, -0.15) is 0 Å². The van der Waals surface area contributed by atoms with Crippen LogP contribution in [-0.4, -0.2) is 59.4 Å². The summed E-state index contributed by atoms with van der Waals surface area (Å²) < 4.78 is 0. The third kappa shape index (κ3) is 4.36. The van der Waals surface area contributed by atoms with Crippen molar-refractivity contribution in [1.29, 1.82) is 0 Å². The van der Waals surface area contributed by atoms with Crippen LogP contribution in [-0.2, 0) is 16.0 Å². The lowest BCUT2D eigenvalue weighted by molar-refractivity contribution is -0.138. The Bertz CT molecular complexity index is 1040. The zero-order chi connectivity index (χ0) is 23.5. The van der Waals surface area contributed by atoms with Gasteiger partial charge in [0.2, 0.25) is 5.91 Å². The van der Waals surface area contributed by atoms with E-state index >= 15 is 0 Å². The Morgan fingerprint density at radius 3 is 2.44 bits per heavy atom. The van der Waals surface area contributed by atoms with Gasteiger partial charge in [0.1, 0.15) is 11.4 Å². The number of rotatable bonds is 5. The van der Waals surface area contributed by atoms with E-state index in [9.17, 15) is 14.4 Å². The molecule has 2 unspecified atom stereocenters. The van der Waals surface area contributed by atoms with Crippen molar-refractivity contribution in [2.75, 3.05) is 31.1 Å². The van der Waals surface area contributed by atoms with E-state index in [1.54, 1.807) is 6.20 Å². The normalized spacial score (nSPS) is 25.7. The van der Waals surface area contributed by atoms with Crippen molar-refractivity contribution in [3.63, 3.8) is 0 Å². The zero-order valence-electron chi connectivity index (χ0n) is 19.3. The average Bonchev–Trinajstić information content (AvgIpc) is 3.18. The van der Waals surface area contributed by atoms with Crippen molar-refractivity contribution in [2.45, 2.75) is 37.6 Å². The molecule has 3 aliphatic rings. The number of nitrogens with one attached hydrogen (secondary N) is 2. The summed E-state index contributed by atoms with van der Waals surface area (Å²) in [6, 6.07) is 15.2. The molecule has 5 rings (SSSR count). The van der Waals surface area contributed by atoms with Crippen molar-refractivity contribution in [3.05, 3.63) is 60.3 Å². The number of urea groups is 1. The number of carbonyl (C=O) groups is 3. The van der Waals surface area contributed by atoms with E-state index in [0.29, 0.717) is 38.9 Å². The van der Waals surface area contributed by atoms with Crippen molar-refractivity contribution < 1.29 is 14.4 Å². The molecule has 34 heavy (non-hydrogen) atoms. The van der Waals surface area contributed by atoms with Crippen LogP contribution in [0.2, 0.25) is 0 Å². The number of piperidine rings is 2. The van der Waals surface area contributed by atoms with Gasteiger partial charge in [-0.3, -0.25) is 14.9 Å². The Hall–Kier alpha value is -3.42. The minimum absolute atomic E-state index is 0.0282. The van der Waals surface area contributed by atoms with Crippen molar-refractivity contribution in [3.8, 4) is 0 Å². The summed E-state index contributed by atoms with van der Waals surface area (Å²) in [6.45, 7) is 2.80. The van der Waals surface area contributed by atoms with Gasteiger partial charge in [0.05, 0.1) is 5.92 Å². The molecule has 2 N–H and O–H groups in total. The molecule has 2 atom stereocenters. The standard InChI is InChI=1S/C26H31N5O3/c32-23(20-9-6-14-31(18-20)22-10-4-5-13-27-22)30-15-11-21(12-16-30)26(24(33)28-25(34)29-26)17-19-7-2-1-3-8-19/h1-5,7-8,10,13,20-21H,6,9,11-12,14-18H2,(H2,28,29,33,34). The Kier molecular flexibility index (Phi) is 6.22. The lowest BCUT2D eigenvalue weighted by Gasteiger charge is -2.42. The minimum atomic E-state index is -0.964. The van der Waals surface area contributed by atoms with Crippen LogP contribution in [0, 0.1) is 11.8 Å². The molecule has 8 heteroatoms. The predicted octanol–water partition coefficient (Wildman–Crippen LogP) is 2.36. The molecule has 3 saturated heterocycles. The number of pyridine rings is 1. The third-order valence-electron chi connectivity index (χ3n) is 7.54. The largest absolute Gasteiger partial charge is 0.356 e. The summed E-state index contributed by atoms with van der Waals surface area (Å²) in [6.07, 6.45) is 5.46. The molecule has 0 bridgehead atoms. The Balaban J connectivity index is 1.24. The molecule has 0 aliphatic carbocycles. The van der Waals surface area contributed by atoms with E-state index < -0.39 is 11.6 Å². The van der Waals surface area contributed by atoms with Crippen LogP contribution in [0.1, 0.15) is 31.2 Å². The second-order valence-corrected chi connectivity index (χ2v) is 9.61. The first kappa shape index (κ1) is 22.4. The predicted molar refractivity (Wildman–Crippen MR) is 128 cm³/mol. The molecule has 3 aliphatic heterocycles. The molecule has 1 aromatic heterocycles. The molecule has 4 amide bonds. The first-order chi connectivity index (χ1) is 16.5. The number of hydrogen-bond donors (Lipinski definition) is 2. The van der Waals surface area contributed by atoms with Crippen LogP contribution in [0.5, 0.6) is 0 Å². The zero-order valence-corrected chi connectivity index (χ0v) is 19.3. The highest BCUT2D eigenvalue weighted by atomic mass is 16.2. The van der Waals surface area contributed by atoms with Crippen LogP contribution >= 0.6 is 0 Å². The smallest absolute Gasteiger partial charge is 0.322 e. The molecule has 4 heterocycles. The number of likely N-dealkylation sites (tertiary alicyclic amines) is 1. The van der Waals surface area contributed by atoms with Gasteiger partial charge in [-0.25, -0.2) is 9.78 Å². The number of benzene rings is 1. The first-order valence-corrected chi connectivity index (χ1v) is 12.2. The van der Waals surface area contributed by atoms with E-state index in [0.717, 1.165) is 30.8 Å². The summed E-state index contributed by atoms with van der Waals surface area (Å²) in [5, 5.41) is 5.40. The highest BCUT2D eigenvalue weighted by Gasteiger charge is 2.52. The molecular formula is C26H31N5O3. The quantitative estimate of drug-likeness (QED) is 0.667.